The first-order chi connectivity index (χ1) is 5.99. The molecule has 13 heavy (non-hydrogen) atoms. The summed E-state index contributed by atoms with van der Waals surface area (Å²) in [6, 6.07) is 7.14. The van der Waals surface area contributed by atoms with E-state index < -0.39 is 10.0 Å². The van der Waals surface area contributed by atoms with Crippen molar-refractivity contribution in [3.05, 3.63) is 29.8 Å². The first-order valence-electron chi connectivity index (χ1n) is 3.83. The Bertz CT molecular complexity index is 387. The minimum absolute atomic E-state index is 0.0682. The number of nitrogen functional groups attached to an aromatic ring is 1. The van der Waals surface area contributed by atoms with Crippen molar-refractivity contribution < 1.29 is 8.42 Å². The number of sulfonamides is 1. The topological polar surface area (TPSA) is 86.2 Å². The molecule has 0 aliphatic carbocycles. The molecule has 0 saturated heterocycles. The maximum absolute atomic E-state index is 10.7. The zero-order valence-electron chi connectivity index (χ0n) is 7.10. The highest BCUT2D eigenvalue weighted by Gasteiger charge is 2.04. The van der Waals surface area contributed by atoms with Gasteiger partial charge in [0.05, 0.1) is 5.75 Å². The van der Waals surface area contributed by atoms with Crippen molar-refractivity contribution >= 4 is 15.7 Å². The third kappa shape index (κ3) is 3.43. The summed E-state index contributed by atoms with van der Waals surface area (Å²) in [6.45, 7) is 0. The van der Waals surface area contributed by atoms with Gasteiger partial charge in [0, 0.05) is 5.69 Å². The van der Waals surface area contributed by atoms with Gasteiger partial charge in [-0.15, -0.1) is 0 Å². The lowest BCUT2D eigenvalue weighted by Gasteiger charge is -2.03. The Morgan fingerprint density at radius 2 is 1.85 bits per heavy atom. The van der Waals surface area contributed by atoms with Gasteiger partial charge in [0.2, 0.25) is 10.0 Å². The molecule has 0 saturated carbocycles. The SMILES string of the molecule is Nc1ccccc1CCS(N)(=O)=O. The number of para-hydroxylation sites is 1. The average Bonchev–Trinajstić information content (AvgIpc) is 2.01. The van der Waals surface area contributed by atoms with E-state index in [9.17, 15) is 8.42 Å². The van der Waals surface area contributed by atoms with Gasteiger partial charge in [0.1, 0.15) is 0 Å². The third-order valence-electron chi connectivity index (χ3n) is 1.71. The van der Waals surface area contributed by atoms with Crippen LogP contribution in [-0.2, 0) is 16.4 Å². The van der Waals surface area contributed by atoms with E-state index in [0.29, 0.717) is 12.1 Å². The number of primary sulfonamides is 1. The molecule has 1 rings (SSSR count). The van der Waals surface area contributed by atoms with E-state index in [1.807, 2.05) is 6.07 Å². The zero-order valence-corrected chi connectivity index (χ0v) is 7.92. The molecule has 0 aromatic heterocycles. The summed E-state index contributed by atoms with van der Waals surface area (Å²) in [5.74, 6) is -0.0682. The van der Waals surface area contributed by atoms with Crippen molar-refractivity contribution in [2.24, 2.45) is 5.14 Å². The second-order valence-electron chi connectivity index (χ2n) is 2.82. The predicted octanol–water partition coefficient (Wildman–Crippen LogP) is 0.0998. The number of anilines is 1. The molecule has 1 aromatic carbocycles. The van der Waals surface area contributed by atoms with Gasteiger partial charge in [0.15, 0.2) is 0 Å². The molecule has 0 radical (unpaired) electrons. The molecule has 72 valence electrons. The molecule has 1 aromatic rings. The second-order valence-corrected chi connectivity index (χ2v) is 4.55. The quantitative estimate of drug-likeness (QED) is 0.678. The fraction of sp³-hybridized carbons (Fsp3) is 0.250. The minimum Gasteiger partial charge on any atom is -0.399 e. The van der Waals surface area contributed by atoms with Gasteiger partial charge in [-0.2, -0.15) is 0 Å². The van der Waals surface area contributed by atoms with Crippen molar-refractivity contribution in [1.29, 1.82) is 0 Å². The number of aryl methyl sites for hydroxylation is 1. The second kappa shape index (κ2) is 3.76. The molecule has 0 bridgehead atoms. The highest BCUT2D eigenvalue weighted by molar-refractivity contribution is 7.89. The Morgan fingerprint density at radius 1 is 1.23 bits per heavy atom. The van der Waals surface area contributed by atoms with Crippen molar-refractivity contribution in [2.75, 3.05) is 11.5 Å². The molecule has 0 atom stereocenters. The zero-order chi connectivity index (χ0) is 9.90. The Morgan fingerprint density at radius 3 is 2.38 bits per heavy atom. The molecule has 5 heteroatoms. The van der Waals surface area contributed by atoms with Crippen LogP contribution in [0.3, 0.4) is 0 Å². The number of hydrogen-bond acceptors (Lipinski definition) is 3. The number of hydrogen-bond donors (Lipinski definition) is 2. The molecule has 0 aliphatic rings. The Kier molecular flexibility index (Phi) is 2.90. The highest BCUT2D eigenvalue weighted by Crippen LogP contribution is 2.11. The molecule has 0 unspecified atom stereocenters. The summed E-state index contributed by atoms with van der Waals surface area (Å²) in [4.78, 5) is 0. The molecule has 0 spiro atoms. The van der Waals surface area contributed by atoms with Crippen molar-refractivity contribution in [3.8, 4) is 0 Å². The number of benzene rings is 1. The maximum Gasteiger partial charge on any atom is 0.209 e. The lowest BCUT2D eigenvalue weighted by atomic mass is 10.1. The molecule has 4 nitrogen and oxygen atoms in total. The van der Waals surface area contributed by atoms with Gasteiger partial charge in [-0.25, -0.2) is 13.6 Å². The van der Waals surface area contributed by atoms with Crippen LogP contribution >= 0.6 is 0 Å². The van der Waals surface area contributed by atoms with E-state index in [4.69, 9.17) is 10.9 Å². The van der Waals surface area contributed by atoms with Crippen molar-refractivity contribution in [1.82, 2.24) is 0 Å². The van der Waals surface area contributed by atoms with Crippen molar-refractivity contribution in [2.45, 2.75) is 6.42 Å². The summed E-state index contributed by atoms with van der Waals surface area (Å²) < 4.78 is 21.3. The molecule has 0 amide bonds. The molecular formula is C8H12N2O2S. The monoisotopic (exact) mass is 200 g/mol. The Labute approximate surface area is 77.6 Å². The van der Waals surface area contributed by atoms with Gasteiger partial charge in [-0.05, 0) is 18.1 Å². The standard InChI is InChI=1S/C8H12N2O2S/c9-8-4-2-1-3-7(8)5-6-13(10,11)12/h1-4H,5-6,9H2,(H2,10,11,12). The van der Waals surface area contributed by atoms with Crippen LogP contribution in [0.25, 0.3) is 0 Å². The van der Waals surface area contributed by atoms with Gasteiger partial charge in [-0.3, -0.25) is 0 Å². The van der Waals surface area contributed by atoms with Gasteiger partial charge in [0.25, 0.3) is 0 Å². The summed E-state index contributed by atoms with van der Waals surface area (Å²) >= 11 is 0. The maximum atomic E-state index is 10.7. The van der Waals surface area contributed by atoms with Crippen LogP contribution in [0, 0.1) is 0 Å². The first-order valence-corrected chi connectivity index (χ1v) is 5.54. The third-order valence-corrected chi connectivity index (χ3v) is 2.48. The highest BCUT2D eigenvalue weighted by atomic mass is 32.2. The normalized spacial score (nSPS) is 11.5. The Hall–Kier alpha value is -1.07. The van der Waals surface area contributed by atoms with E-state index >= 15 is 0 Å². The summed E-state index contributed by atoms with van der Waals surface area (Å²) in [5.41, 5.74) is 7.03. The first kappa shape index (κ1) is 10.0. The van der Waals surface area contributed by atoms with E-state index in [1.165, 1.54) is 0 Å². The van der Waals surface area contributed by atoms with Crippen LogP contribution in [-0.4, -0.2) is 14.2 Å². The fourth-order valence-corrected chi connectivity index (χ4v) is 1.52. The van der Waals surface area contributed by atoms with E-state index in [2.05, 4.69) is 0 Å². The van der Waals surface area contributed by atoms with E-state index in [0.717, 1.165) is 5.56 Å². The van der Waals surface area contributed by atoms with Crippen LogP contribution in [0.1, 0.15) is 5.56 Å². The smallest absolute Gasteiger partial charge is 0.209 e. The van der Waals surface area contributed by atoms with Crippen LogP contribution in [0.2, 0.25) is 0 Å². The largest absolute Gasteiger partial charge is 0.399 e. The Balaban J connectivity index is 2.71. The molecule has 0 fully saturated rings. The van der Waals surface area contributed by atoms with E-state index in [-0.39, 0.29) is 5.75 Å². The predicted molar refractivity (Wildman–Crippen MR) is 52.5 cm³/mol. The molecule has 4 N–H and O–H groups in total. The lowest BCUT2D eigenvalue weighted by molar-refractivity contribution is 0.597. The lowest BCUT2D eigenvalue weighted by Crippen LogP contribution is -2.18. The summed E-state index contributed by atoms with van der Waals surface area (Å²) in [6.07, 6.45) is 0.367. The van der Waals surface area contributed by atoms with Gasteiger partial charge >= 0.3 is 0 Å². The van der Waals surface area contributed by atoms with Crippen LogP contribution in [0.5, 0.6) is 0 Å². The van der Waals surface area contributed by atoms with Crippen LogP contribution < -0.4 is 10.9 Å². The van der Waals surface area contributed by atoms with Crippen LogP contribution in [0.15, 0.2) is 24.3 Å². The number of rotatable bonds is 3. The molecule has 0 aliphatic heterocycles. The summed E-state index contributed by atoms with van der Waals surface area (Å²) in [5, 5.41) is 4.86. The molecule has 0 heterocycles. The fourth-order valence-electron chi connectivity index (χ4n) is 1.01. The van der Waals surface area contributed by atoms with Crippen LogP contribution in [0.4, 0.5) is 5.69 Å². The average molecular weight is 200 g/mol. The van der Waals surface area contributed by atoms with Gasteiger partial charge in [-0.1, -0.05) is 18.2 Å². The van der Waals surface area contributed by atoms with Crippen molar-refractivity contribution in [3.63, 3.8) is 0 Å². The van der Waals surface area contributed by atoms with Gasteiger partial charge < -0.3 is 5.73 Å². The number of nitrogens with two attached hydrogens (primary N) is 2. The van der Waals surface area contributed by atoms with E-state index in [1.54, 1.807) is 18.2 Å². The minimum atomic E-state index is -3.39. The molecular weight excluding hydrogens is 188 g/mol. The summed E-state index contributed by atoms with van der Waals surface area (Å²) in [7, 11) is -3.39.